The Kier molecular flexibility index (Phi) is 5.80. The van der Waals surface area contributed by atoms with Gasteiger partial charge in [0.15, 0.2) is 0 Å². The van der Waals surface area contributed by atoms with Crippen LogP contribution >= 0.6 is 0 Å². The van der Waals surface area contributed by atoms with E-state index in [0.29, 0.717) is 12.8 Å². The number of esters is 1. The van der Waals surface area contributed by atoms with Crippen LogP contribution < -0.4 is 0 Å². The molecule has 4 rings (SSSR count). The molecule has 0 aromatic heterocycles. The quantitative estimate of drug-likeness (QED) is 0.545. The van der Waals surface area contributed by atoms with Gasteiger partial charge in [0.2, 0.25) is 0 Å². The standard InChI is InChI=1S/C27H24O3/c28-25-20-27(23-16-8-3-9-17-23,19-22-13-6-2-7-14-22)30-26(29)24(25)18-10-15-21-11-4-1-5-12-21/h1-14,16-18,28H,15,19-20H2. The Morgan fingerprint density at radius 1 is 0.833 bits per heavy atom. The highest BCUT2D eigenvalue weighted by Crippen LogP contribution is 2.40. The molecule has 1 aliphatic rings. The first kappa shape index (κ1) is 19.7. The SMILES string of the molecule is O=C1OC(Cc2ccccc2)(c2ccccc2)CC(O)=C1C=CCc1ccccc1. The Labute approximate surface area is 177 Å². The van der Waals surface area contributed by atoms with Crippen molar-refractivity contribution in [3.8, 4) is 0 Å². The van der Waals surface area contributed by atoms with E-state index in [1.807, 2.05) is 97.1 Å². The smallest absolute Gasteiger partial charge is 0.342 e. The first-order valence-corrected chi connectivity index (χ1v) is 10.1. The van der Waals surface area contributed by atoms with Crippen LogP contribution in [0.5, 0.6) is 0 Å². The highest BCUT2D eigenvalue weighted by molar-refractivity contribution is 5.93. The maximum absolute atomic E-state index is 12.9. The average Bonchev–Trinajstić information content (AvgIpc) is 2.78. The highest BCUT2D eigenvalue weighted by atomic mass is 16.6. The zero-order chi connectivity index (χ0) is 20.8. The maximum Gasteiger partial charge on any atom is 0.342 e. The lowest BCUT2D eigenvalue weighted by Crippen LogP contribution is -2.39. The highest BCUT2D eigenvalue weighted by Gasteiger charge is 2.43. The van der Waals surface area contributed by atoms with Crippen molar-refractivity contribution in [1.29, 1.82) is 0 Å². The summed E-state index contributed by atoms with van der Waals surface area (Å²) in [6.07, 6.45) is 4.97. The predicted octanol–water partition coefficient (Wildman–Crippen LogP) is 5.68. The lowest BCUT2D eigenvalue weighted by molar-refractivity contribution is -0.159. The van der Waals surface area contributed by atoms with Crippen LogP contribution in [0.15, 0.2) is 114 Å². The van der Waals surface area contributed by atoms with Crippen molar-refractivity contribution in [2.45, 2.75) is 24.9 Å². The zero-order valence-corrected chi connectivity index (χ0v) is 16.7. The second kappa shape index (κ2) is 8.83. The van der Waals surface area contributed by atoms with Gasteiger partial charge in [-0.05, 0) is 29.2 Å². The lowest BCUT2D eigenvalue weighted by Gasteiger charge is -2.37. The van der Waals surface area contributed by atoms with Gasteiger partial charge >= 0.3 is 5.97 Å². The molecular formula is C27H24O3. The second-order valence-electron chi connectivity index (χ2n) is 7.54. The molecule has 3 aromatic carbocycles. The van der Waals surface area contributed by atoms with E-state index in [0.717, 1.165) is 16.7 Å². The van der Waals surface area contributed by atoms with E-state index in [1.54, 1.807) is 6.08 Å². The van der Waals surface area contributed by atoms with Crippen molar-refractivity contribution < 1.29 is 14.6 Å². The number of carbonyl (C=O) groups excluding carboxylic acids is 1. The van der Waals surface area contributed by atoms with Crippen molar-refractivity contribution in [2.75, 3.05) is 0 Å². The molecule has 0 radical (unpaired) electrons. The molecule has 1 aliphatic heterocycles. The van der Waals surface area contributed by atoms with Crippen molar-refractivity contribution >= 4 is 5.97 Å². The summed E-state index contributed by atoms with van der Waals surface area (Å²) >= 11 is 0. The van der Waals surface area contributed by atoms with Gasteiger partial charge in [0.1, 0.15) is 11.4 Å². The number of benzene rings is 3. The van der Waals surface area contributed by atoms with Crippen LogP contribution in [0.25, 0.3) is 0 Å². The largest absolute Gasteiger partial charge is 0.511 e. The molecule has 1 atom stereocenters. The Morgan fingerprint density at radius 3 is 2.00 bits per heavy atom. The predicted molar refractivity (Wildman–Crippen MR) is 118 cm³/mol. The number of cyclic esters (lactones) is 1. The number of hydrogen-bond acceptors (Lipinski definition) is 3. The summed E-state index contributed by atoms with van der Waals surface area (Å²) in [6, 6.07) is 29.5. The summed E-state index contributed by atoms with van der Waals surface area (Å²) in [5.74, 6) is -0.432. The van der Waals surface area contributed by atoms with E-state index < -0.39 is 11.6 Å². The summed E-state index contributed by atoms with van der Waals surface area (Å²) in [5.41, 5.74) is 2.36. The van der Waals surface area contributed by atoms with Gasteiger partial charge in [-0.1, -0.05) is 97.1 Å². The summed E-state index contributed by atoms with van der Waals surface area (Å²) < 4.78 is 6.04. The second-order valence-corrected chi connectivity index (χ2v) is 7.54. The van der Waals surface area contributed by atoms with Gasteiger partial charge in [0.05, 0.1) is 12.0 Å². The summed E-state index contributed by atoms with van der Waals surface area (Å²) in [7, 11) is 0. The molecule has 1 unspecified atom stereocenters. The number of ether oxygens (including phenoxy) is 1. The van der Waals surface area contributed by atoms with Crippen LogP contribution in [-0.2, 0) is 28.0 Å². The van der Waals surface area contributed by atoms with E-state index in [1.165, 1.54) is 0 Å². The van der Waals surface area contributed by atoms with Gasteiger partial charge in [-0.25, -0.2) is 4.79 Å². The first-order chi connectivity index (χ1) is 14.7. The minimum Gasteiger partial charge on any atom is -0.511 e. The van der Waals surface area contributed by atoms with Gasteiger partial charge in [-0.3, -0.25) is 0 Å². The Morgan fingerprint density at radius 2 is 1.40 bits per heavy atom. The fraction of sp³-hybridized carbons (Fsp3) is 0.148. The van der Waals surface area contributed by atoms with E-state index in [9.17, 15) is 9.90 Å². The maximum atomic E-state index is 12.9. The van der Waals surface area contributed by atoms with E-state index >= 15 is 0 Å². The van der Waals surface area contributed by atoms with Crippen molar-refractivity contribution in [1.82, 2.24) is 0 Å². The van der Waals surface area contributed by atoms with Gasteiger partial charge in [0, 0.05) is 6.42 Å². The molecular weight excluding hydrogens is 372 g/mol. The fourth-order valence-corrected chi connectivity index (χ4v) is 3.87. The third kappa shape index (κ3) is 4.36. The number of allylic oxidation sites excluding steroid dienone is 1. The normalized spacial score (nSPS) is 19.1. The van der Waals surface area contributed by atoms with Crippen molar-refractivity contribution in [2.24, 2.45) is 0 Å². The van der Waals surface area contributed by atoms with Crippen molar-refractivity contribution in [3.05, 3.63) is 131 Å². The topological polar surface area (TPSA) is 46.5 Å². The van der Waals surface area contributed by atoms with Crippen LogP contribution in [0.2, 0.25) is 0 Å². The summed E-state index contributed by atoms with van der Waals surface area (Å²) in [6.45, 7) is 0. The molecule has 1 heterocycles. The number of aliphatic hydroxyl groups excluding tert-OH is 1. The number of hydrogen-bond donors (Lipinski definition) is 1. The summed E-state index contributed by atoms with van der Waals surface area (Å²) in [4.78, 5) is 12.9. The van der Waals surface area contributed by atoms with Crippen molar-refractivity contribution in [3.63, 3.8) is 0 Å². The molecule has 0 spiro atoms. The van der Waals surface area contributed by atoms with Crippen LogP contribution in [-0.4, -0.2) is 11.1 Å². The van der Waals surface area contributed by atoms with Gasteiger partial charge in [-0.15, -0.1) is 0 Å². The Bertz CT molecular complexity index is 1050. The van der Waals surface area contributed by atoms with E-state index in [2.05, 4.69) is 0 Å². The molecule has 30 heavy (non-hydrogen) atoms. The van der Waals surface area contributed by atoms with E-state index in [4.69, 9.17) is 4.74 Å². The molecule has 0 bridgehead atoms. The third-order valence-electron chi connectivity index (χ3n) is 5.39. The number of aliphatic hydroxyl groups is 1. The molecule has 150 valence electrons. The molecule has 3 aromatic rings. The zero-order valence-electron chi connectivity index (χ0n) is 16.7. The van der Waals surface area contributed by atoms with Gasteiger partial charge < -0.3 is 9.84 Å². The monoisotopic (exact) mass is 396 g/mol. The minimum atomic E-state index is -0.930. The number of rotatable bonds is 6. The number of carbonyl (C=O) groups is 1. The average molecular weight is 396 g/mol. The fourth-order valence-electron chi connectivity index (χ4n) is 3.87. The van der Waals surface area contributed by atoms with Crippen LogP contribution in [0, 0.1) is 0 Å². The molecule has 0 aliphatic carbocycles. The van der Waals surface area contributed by atoms with Crippen LogP contribution in [0.1, 0.15) is 23.1 Å². The lowest BCUT2D eigenvalue weighted by atomic mass is 9.81. The summed E-state index contributed by atoms with van der Waals surface area (Å²) in [5, 5.41) is 10.8. The van der Waals surface area contributed by atoms with E-state index in [-0.39, 0.29) is 17.8 Å². The molecule has 0 saturated carbocycles. The van der Waals surface area contributed by atoms with Gasteiger partial charge in [-0.2, -0.15) is 0 Å². The van der Waals surface area contributed by atoms with Gasteiger partial charge in [0.25, 0.3) is 0 Å². The molecule has 3 heteroatoms. The first-order valence-electron chi connectivity index (χ1n) is 10.1. The molecule has 0 saturated heterocycles. The Hall–Kier alpha value is -3.59. The molecule has 3 nitrogen and oxygen atoms in total. The minimum absolute atomic E-state index is 0.0651. The molecule has 0 amide bonds. The molecule has 0 fully saturated rings. The third-order valence-corrected chi connectivity index (χ3v) is 5.39. The van der Waals surface area contributed by atoms with Crippen LogP contribution in [0.4, 0.5) is 0 Å². The van der Waals surface area contributed by atoms with Crippen LogP contribution in [0.3, 0.4) is 0 Å². The Balaban J connectivity index is 1.63. The molecule has 1 N–H and O–H groups in total.